The zero-order chi connectivity index (χ0) is 20.5. The highest BCUT2D eigenvalue weighted by atomic mass is 32.2. The number of fused-ring (bicyclic) bond motifs is 1. The highest BCUT2D eigenvalue weighted by Gasteiger charge is 2.54. The van der Waals surface area contributed by atoms with Crippen LogP contribution in [0.15, 0.2) is 53.4 Å². The predicted octanol–water partition coefficient (Wildman–Crippen LogP) is 1.46. The summed E-state index contributed by atoms with van der Waals surface area (Å²) in [6.45, 7) is 0. The molecule has 146 valence electrons. The number of sulfonamides is 1. The third kappa shape index (κ3) is 3.16. The van der Waals surface area contributed by atoms with E-state index >= 15 is 0 Å². The Morgan fingerprint density at radius 3 is 2.39 bits per heavy atom. The molecule has 0 heterocycles. The maximum absolute atomic E-state index is 12.9. The van der Waals surface area contributed by atoms with E-state index in [1.165, 1.54) is 6.07 Å². The monoisotopic (exact) mass is 404 g/mol. The molecular weight excluding hydrogens is 388 g/mol. The molecule has 0 aromatic heterocycles. The largest absolute Gasteiger partial charge is 0.467 e. The summed E-state index contributed by atoms with van der Waals surface area (Å²) in [4.78, 5) is 35.3. The van der Waals surface area contributed by atoms with Crippen LogP contribution in [0.4, 0.5) is 5.69 Å². The van der Waals surface area contributed by atoms with Gasteiger partial charge in [-0.3, -0.25) is 14.9 Å². The van der Waals surface area contributed by atoms with E-state index in [-0.39, 0.29) is 22.6 Å². The zero-order valence-corrected chi connectivity index (χ0v) is 15.6. The number of nitro groups is 1. The number of nitro benzene ring substituents is 1. The van der Waals surface area contributed by atoms with Gasteiger partial charge in [-0.15, -0.1) is 0 Å². The number of aryl methyl sites for hydroxylation is 1. The number of ether oxygens (including phenoxy) is 1. The Bertz CT molecular complexity index is 1060. The Kier molecular flexibility index (Phi) is 5.01. The fourth-order valence-corrected chi connectivity index (χ4v) is 4.55. The SMILES string of the molecule is COC(=O)C1(NS(=O)(=O)c2ccc([N+](=O)[O-])cc2)C(=O)CCc2ccccc21. The Morgan fingerprint density at radius 2 is 1.79 bits per heavy atom. The molecule has 2 aromatic carbocycles. The molecule has 1 aliphatic rings. The Labute approximate surface area is 160 Å². The van der Waals surface area contributed by atoms with Crippen molar-refractivity contribution in [2.75, 3.05) is 7.11 Å². The first kappa shape index (κ1) is 19.6. The van der Waals surface area contributed by atoms with Crippen molar-refractivity contribution in [3.05, 3.63) is 69.8 Å². The van der Waals surface area contributed by atoms with Gasteiger partial charge in [0, 0.05) is 18.6 Å². The number of hydrogen-bond acceptors (Lipinski definition) is 7. The van der Waals surface area contributed by atoms with Gasteiger partial charge in [0.25, 0.3) is 5.69 Å². The molecule has 0 saturated heterocycles. The van der Waals surface area contributed by atoms with Crippen LogP contribution in [-0.2, 0) is 36.3 Å². The van der Waals surface area contributed by atoms with E-state index in [2.05, 4.69) is 4.72 Å². The minimum Gasteiger partial charge on any atom is -0.467 e. The summed E-state index contributed by atoms with van der Waals surface area (Å²) >= 11 is 0. The van der Waals surface area contributed by atoms with Crippen LogP contribution in [0, 0.1) is 10.1 Å². The molecule has 1 atom stereocenters. The number of nitrogens with one attached hydrogen (secondary N) is 1. The third-order valence-electron chi connectivity index (χ3n) is 4.60. The molecule has 0 amide bonds. The molecule has 0 saturated carbocycles. The maximum atomic E-state index is 12.9. The molecule has 0 bridgehead atoms. The second-order valence-corrected chi connectivity index (χ2v) is 7.86. The average molecular weight is 404 g/mol. The topological polar surface area (TPSA) is 133 Å². The summed E-state index contributed by atoms with van der Waals surface area (Å²) in [6, 6.07) is 10.6. The molecule has 1 N–H and O–H groups in total. The van der Waals surface area contributed by atoms with Gasteiger partial charge in [-0.05, 0) is 29.7 Å². The van der Waals surface area contributed by atoms with Crippen LogP contribution in [0.2, 0.25) is 0 Å². The van der Waals surface area contributed by atoms with Gasteiger partial charge in [0.05, 0.1) is 16.9 Å². The molecule has 1 aliphatic carbocycles. The molecule has 9 nitrogen and oxygen atoms in total. The highest BCUT2D eigenvalue weighted by Crippen LogP contribution is 2.35. The number of carbonyl (C=O) groups excluding carboxylic acids is 2. The van der Waals surface area contributed by atoms with Crippen molar-refractivity contribution in [2.24, 2.45) is 0 Å². The van der Waals surface area contributed by atoms with E-state index in [9.17, 15) is 28.1 Å². The third-order valence-corrected chi connectivity index (χ3v) is 6.07. The highest BCUT2D eigenvalue weighted by molar-refractivity contribution is 7.89. The average Bonchev–Trinajstić information content (AvgIpc) is 2.69. The van der Waals surface area contributed by atoms with Gasteiger partial charge in [0.15, 0.2) is 5.78 Å². The van der Waals surface area contributed by atoms with Crippen LogP contribution in [0.5, 0.6) is 0 Å². The van der Waals surface area contributed by atoms with Crippen molar-refractivity contribution < 1.29 is 27.7 Å². The molecule has 0 radical (unpaired) electrons. The van der Waals surface area contributed by atoms with E-state index < -0.39 is 32.2 Å². The van der Waals surface area contributed by atoms with Crippen LogP contribution in [-0.4, -0.2) is 32.2 Å². The normalized spacial score (nSPS) is 19.0. The van der Waals surface area contributed by atoms with Gasteiger partial charge in [-0.25, -0.2) is 13.2 Å². The lowest BCUT2D eigenvalue weighted by molar-refractivity contribution is -0.384. The summed E-state index contributed by atoms with van der Waals surface area (Å²) in [5.41, 5.74) is -1.65. The minimum atomic E-state index is -4.39. The summed E-state index contributed by atoms with van der Waals surface area (Å²) < 4.78 is 32.8. The number of rotatable bonds is 5. The molecule has 1 unspecified atom stereocenters. The minimum absolute atomic E-state index is 0.0467. The number of benzene rings is 2. The first-order valence-corrected chi connectivity index (χ1v) is 9.69. The van der Waals surface area contributed by atoms with Crippen LogP contribution < -0.4 is 4.72 Å². The van der Waals surface area contributed by atoms with Gasteiger partial charge in [-0.1, -0.05) is 24.3 Å². The van der Waals surface area contributed by atoms with Crippen LogP contribution in [0.25, 0.3) is 0 Å². The lowest BCUT2D eigenvalue weighted by Gasteiger charge is -2.35. The van der Waals surface area contributed by atoms with Crippen molar-refractivity contribution in [1.29, 1.82) is 0 Å². The van der Waals surface area contributed by atoms with Crippen LogP contribution >= 0.6 is 0 Å². The number of hydrogen-bond donors (Lipinski definition) is 1. The lowest BCUT2D eigenvalue weighted by Crippen LogP contribution is -2.59. The maximum Gasteiger partial charge on any atom is 0.339 e. The van der Waals surface area contributed by atoms with Gasteiger partial charge in [0.2, 0.25) is 15.6 Å². The zero-order valence-electron chi connectivity index (χ0n) is 14.7. The van der Waals surface area contributed by atoms with Crippen LogP contribution in [0.1, 0.15) is 17.5 Å². The Balaban J connectivity index is 2.13. The number of carbonyl (C=O) groups is 2. The van der Waals surface area contributed by atoms with Gasteiger partial charge < -0.3 is 4.74 Å². The van der Waals surface area contributed by atoms with Crippen molar-refractivity contribution in [3.8, 4) is 0 Å². The number of esters is 1. The molecule has 0 fully saturated rings. The van der Waals surface area contributed by atoms with Gasteiger partial charge in [0.1, 0.15) is 0 Å². The first-order chi connectivity index (χ1) is 13.2. The fourth-order valence-electron chi connectivity index (χ4n) is 3.23. The quantitative estimate of drug-likeness (QED) is 0.345. The Morgan fingerprint density at radius 1 is 1.14 bits per heavy atom. The number of methoxy groups -OCH3 is 1. The molecule has 3 rings (SSSR count). The standard InChI is InChI=1S/C18H16N2O7S/c1-27-17(22)18(15-5-3-2-4-12(15)6-11-16(18)21)19-28(25,26)14-9-7-13(8-10-14)20(23)24/h2-5,7-10,19H,6,11H2,1H3. The summed E-state index contributed by atoms with van der Waals surface area (Å²) in [7, 11) is -3.32. The van der Waals surface area contributed by atoms with Crippen molar-refractivity contribution in [2.45, 2.75) is 23.3 Å². The molecule has 0 aliphatic heterocycles. The van der Waals surface area contributed by atoms with Crippen LogP contribution in [0.3, 0.4) is 0 Å². The lowest BCUT2D eigenvalue weighted by atomic mass is 9.76. The molecule has 0 spiro atoms. The number of non-ortho nitro benzene ring substituents is 1. The number of nitrogens with zero attached hydrogens (tertiary/aromatic N) is 1. The number of ketones is 1. The number of Topliss-reactive ketones (excluding diaryl/α,β-unsaturated/α-hetero) is 1. The van der Waals surface area contributed by atoms with Crippen molar-refractivity contribution in [1.82, 2.24) is 4.72 Å². The smallest absolute Gasteiger partial charge is 0.339 e. The predicted molar refractivity (Wildman–Crippen MR) is 96.9 cm³/mol. The molecule has 2 aromatic rings. The van der Waals surface area contributed by atoms with Gasteiger partial charge in [-0.2, -0.15) is 4.72 Å². The first-order valence-electron chi connectivity index (χ1n) is 8.21. The fraction of sp³-hybridized carbons (Fsp3) is 0.222. The van der Waals surface area contributed by atoms with E-state index in [1.54, 1.807) is 18.2 Å². The second-order valence-electron chi connectivity index (χ2n) is 6.18. The second kappa shape index (κ2) is 7.13. The van der Waals surface area contributed by atoms with Crippen molar-refractivity contribution in [3.63, 3.8) is 0 Å². The molecule has 10 heteroatoms. The van der Waals surface area contributed by atoms with E-state index in [0.717, 1.165) is 31.4 Å². The summed E-state index contributed by atoms with van der Waals surface area (Å²) in [5, 5.41) is 10.8. The summed E-state index contributed by atoms with van der Waals surface area (Å²) in [5.74, 6) is -1.68. The molecular formula is C18H16N2O7S. The van der Waals surface area contributed by atoms with Crippen molar-refractivity contribution >= 4 is 27.5 Å². The van der Waals surface area contributed by atoms with E-state index in [0.29, 0.717) is 12.0 Å². The van der Waals surface area contributed by atoms with Gasteiger partial charge >= 0.3 is 5.97 Å². The Hall–Kier alpha value is -3.11. The van der Waals surface area contributed by atoms with E-state index in [4.69, 9.17) is 4.74 Å². The summed E-state index contributed by atoms with van der Waals surface area (Å²) in [6.07, 6.45) is 0.321. The van der Waals surface area contributed by atoms with E-state index in [1.807, 2.05) is 0 Å². The molecule has 28 heavy (non-hydrogen) atoms.